The molecule has 2 rings (SSSR count). The van der Waals surface area contributed by atoms with Gasteiger partial charge in [-0.25, -0.2) is 0 Å². The van der Waals surface area contributed by atoms with Crippen LogP contribution in [-0.2, 0) is 6.42 Å². The van der Waals surface area contributed by atoms with Gasteiger partial charge in [0, 0.05) is 17.3 Å². The van der Waals surface area contributed by atoms with Gasteiger partial charge in [-0.1, -0.05) is 12.1 Å². The van der Waals surface area contributed by atoms with Crippen molar-refractivity contribution in [2.75, 3.05) is 6.54 Å². The van der Waals surface area contributed by atoms with Crippen molar-refractivity contribution in [2.24, 2.45) is 5.73 Å². The number of hydrogen-bond donors (Lipinski definition) is 1. The number of aromatic nitrogens is 1. The molecule has 0 saturated heterocycles. The van der Waals surface area contributed by atoms with E-state index in [0.29, 0.717) is 6.04 Å². The van der Waals surface area contributed by atoms with E-state index in [2.05, 4.69) is 49.6 Å². The molecule has 0 spiro atoms. The summed E-state index contributed by atoms with van der Waals surface area (Å²) in [5.74, 6) is 0. The molecule has 0 amide bonds. The molecule has 1 aromatic carbocycles. The van der Waals surface area contributed by atoms with Gasteiger partial charge in [0.05, 0.1) is 0 Å². The molecule has 2 N–H and O–H groups in total. The van der Waals surface area contributed by atoms with E-state index in [4.69, 9.17) is 5.73 Å². The lowest BCUT2D eigenvalue weighted by molar-refractivity contribution is 0.607. The number of fused-ring (bicyclic) bond motifs is 1. The first-order valence-corrected chi connectivity index (χ1v) is 6.44. The zero-order valence-corrected chi connectivity index (χ0v) is 11.0. The van der Waals surface area contributed by atoms with Crippen LogP contribution in [0.3, 0.4) is 0 Å². The third-order valence-corrected chi connectivity index (χ3v) is 3.28. The van der Waals surface area contributed by atoms with Gasteiger partial charge in [0.2, 0.25) is 0 Å². The van der Waals surface area contributed by atoms with E-state index in [1.165, 1.54) is 22.2 Å². The summed E-state index contributed by atoms with van der Waals surface area (Å²) in [6, 6.07) is 9.55. The third-order valence-electron chi connectivity index (χ3n) is 3.28. The molecule has 0 fully saturated rings. The number of nitrogens with two attached hydrogens (primary N) is 1. The Kier molecular flexibility index (Phi) is 3.53. The van der Waals surface area contributed by atoms with Crippen LogP contribution in [0.25, 0.3) is 10.9 Å². The Morgan fingerprint density at radius 3 is 2.65 bits per heavy atom. The predicted molar refractivity (Wildman–Crippen MR) is 74.4 cm³/mol. The topological polar surface area (TPSA) is 30.9 Å². The molecule has 0 radical (unpaired) electrons. The lowest BCUT2D eigenvalue weighted by Crippen LogP contribution is -2.03. The Hall–Kier alpha value is -1.28. The largest absolute Gasteiger partial charge is 0.342 e. The van der Waals surface area contributed by atoms with Crippen molar-refractivity contribution in [1.29, 1.82) is 0 Å². The lowest BCUT2D eigenvalue weighted by Gasteiger charge is -2.13. The van der Waals surface area contributed by atoms with E-state index >= 15 is 0 Å². The van der Waals surface area contributed by atoms with Crippen LogP contribution in [0.15, 0.2) is 24.3 Å². The molecule has 1 heterocycles. The molecule has 0 bridgehead atoms. The van der Waals surface area contributed by atoms with Crippen LogP contribution in [0.5, 0.6) is 0 Å². The quantitative estimate of drug-likeness (QED) is 0.857. The van der Waals surface area contributed by atoms with E-state index < -0.39 is 0 Å². The van der Waals surface area contributed by atoms with Crippen LogP contribution < -0.4 is 5.73 Å². The molecule has 0 unspecified atom stereocenters. The third kappa shape index (κ3) is 2.37. The standard InChI is InChI=1S/C15H22N2/c1-11(2)17-12(3)9-14-7-6-13(5-4-8-16)10-15(14)17/h6-7,9-11H,4-5,8,16H2,1-3H3. The summed E-state index contributed by atoms with van der Waals surface area (Å²) in [7, 11) is 0. The van der Waals surface area contributed by atoms with Crippen molar-refractivity contribution in [1.82, 2.24) is 4.57 Å². The highest BCUT2D eigenvalue weighted by Gasteiger charge is 2.08. The number of hydrogen-bond acceptors (Lipinski definition) is 1. The summed E-state index contributed by atoms with van der Waals surface area (Å²) < 4.78 is 2.40. The van der Waals surface area contributed by atoms with E-state index in [0.717, 1.165) is 19.4 Å². The van der Waals surface area contributed by atoms with E-state index in [9.17, 15) is 0 Å². The Balaban J connectivity index is 2.47. The summed E-state index contributed by atoms with van der Waals surface area (Å²) in [6.07, 6.45) is 2.14. The fraction of sp³-hybridized carbons (Fsp3) is 0.467. The molecule has 17 heavy (non-hydrogen) atoms. The summed E-state index contributed by atoms with van der Waals surface area (Å²) in [5, 5.41) is 1.34. The number of benzene rings is 1. The van der Waals surface area contributed by atoms with Crippen LogP contribution in [0.1, 0.15) is 37.6 Å². The molecule has 0 aliphatic carbocycles. The molecule has 0 aliphatic rings. The molecule has 0 aliphatic heterocycles. The van der Waals surface area contributed by atoms with Gasteiger partial charge in [0.25, 0.3) is 0 Å². The molecular formula is C15H22N2. The molecule has 2 aromatic rings. The number of aryl methyl sites for hydroxylation is 2. The summed E-state index contributed by atoms with van der Waals surface area (Å²) in [5.41, 5.74) is 9.65. The van der Waals surface area contributed by atoms with Crippen LogP contribution >= 0.6 is 0 Å². The van der Waals surface area contributed by atoms with Crippen LogP contribution in [-0.4, -0.2) is 11.1 Å². The smallest absolute Gasteiger partial charge is 0.0487 e. The second kappa shape index (κ2) is 4.92. The van der Waals surface area contributed by atoms with Gasteiger partial charge in [-0.3, -0.25) is 0 Å². The Bertz CT molecular complexity index is 509. The first kappa shape index (κ1) is 12.2. The minimum atomic E-state index is 0.511. The Morgan fingerprint density at radius 1 is 1.24 bits per heavy atom. The predicted octanol–water partition coefficient (Wildman–Crippen LogP) is 3.42. The maximum absolute atomic E-state index is 5.57. The SMILES string of the molecule is Cc1cc2ccc(CCCN)cc2n1C(C)C. The maximum atomic E-state index is 5.57. The van der Waals surface area contributed by atoms with Crippen molar-refractivity contribution < 1.29 is 0 Å². The van der Waals surface area contributed by atoms with Crippen molar-refractivity contribution >= 4 is 10.9 Å². The van der Waals surface area contributed by atoms with Crippen molar-refractivity contribution in [3.05, 3.63) is 35.5 Å². The Morgan fingerprint density at radius 2 is 2.00 bits per heavy atom. The summed E-state index contributed by atoms with van der Waals surface area (Å²) in [4.78, 5) is 0. The zero-order valence-electron chi connectivity index (χ0n) is 11.0. The van der Waals surface area contributed by atoms with Crippen LogP contribution in [0.2, 0.25) is 0 Å². The van der Waals surface area contributed by atoms with Crippen molar-refractivity contribution in [3.8, 4) is 0 Å². The van der Waals surface area contributed by atoms with E-state index in [-0.39, 0.29) is 0 Å². The average molecular weight is 230 g/mol. The van der Waals surface area contributed by atoms with Crippen molar-refractivity contribution in [2.45, 2.75) is 39.7 Å². The number of rotatable bonds is 4. The fourth-order valence-corrected chi connectivity index (χ4v) is 2.55. The second-order valence-corrected chi connectivity index (χ2v) is 5.03. The van der Waals surface area contributed by atoms with E-state index in [1.54, 1.807) is 0 Å². The molecule has 0 saturated carbocycles. The van der Waals surface area contributed by atoms with Crippen molar-refractivity contribution in [3.63, 3.8) is 0 Å². The summed E-state index contributed by atoms with van der Waals surface area (Å²) in [6.45, 7) is 7.42. The molecular weight excluding hydrogens is 208 g/mol. The molecule has 1 aromatic heterocycles. The minimum Gasteiger partial charge on any atom is -0.342 e. The van der Waals surface area contributed by atoms with Gasteiger partial charge in [0.1, 0.15) is 0 Å². The lowest BCUT2D eigenvalue weighted by atomic mass is 10.1. The normalized spacial score (nSPS) is 11.6. The first-order valence-electron chi connectivity index (χ1n) is 6.44. The van der Waals surface area contributed by atoms with Crippen LogP contribution in [0.4, 0.5) is 0 Å². The zero-order chi connectivity index (χ0) is 12.4. The maximum Gasteiger partial charge on any atom is 0.0487 e. The minimum absolute atomic E-state index is 0.511. The highest BCUT2D eigenvalue weighted by atomic mass is 15.0. The first-order chi connectivity index (χ1) is 8.13. The van der Waals surface area contributed by atoms with Gasteiger partial charge in [0.15, 0.2) is 0 Å². The highest BCUT2D eigenvalue weighted by Crippen LogP contribution is 2.25. The van der Waals surface area contributed by atoms with Gasteiger partial charge in [-0.05, 0) is 63.2 Å². The summed E-state index contributed by atoms with van der Waals surface area (Å²) >= 11 is 0. The van der Waals surface area contributed by atoms with Gasteiger partial charge >= 0.3 is 0 Å². The van der Waals surface area contributed by atoms with Gasteiger partial charge in [-0.15, -0.1) is 0 Å². The fourth-order valence-electron chi connectivity index (χ4n) is 2.55. The second-order valence-electron chi connectivity index (χ2n) is 5.03. The average Bonchev–Trinajstić information content (AvgIpc) is 2.61. The van der Waals surface area contributed by atoms with Gasteiger partial charge < -0.3 is 10.3 Å². The monoisotopic (exact) mass is 230 g/mol. The Labute approximate surface area is 103 Å². The highest BCUT2D eigenvalue weighted by molar-refractivity contribution is 5.82. The van der Waals surface area contributed by atoms with E-state index in [1.807, 2.05) is 0 Å². The molecule has 0 atom stereocenters. The van der Waals surface area contributed by atoms with Crippen LogP contribution in [0, 0.1) is 6.92 Å². The molecule has 92 valence electrons. The van der Waals surface area contributed by atoms with Gasteiger partial charge in [-0.2, -0.15) is 0 Å². The molecule has 2 nitrogen and oxygen atoms in total. The number of nitrogens with zero attached hydrogens (tertiary/aromatic N) is 1. The molecule has 2 heteroatoms.